The molecule has 1 N–H and O–H groups in total. The Morgan fingerprint density at radius 3 is 2.18 bits per heavy atom. The van der Waals surface area contributed by atoms with Crippen LogP contribution in [0, 0.1) is 0 Å². The molecule has 0 aliphatic heterocycles. The molecular weight excluding hydrogens is 188 g/mol. The van der Waals surface area contributed by atoms with Gasteiger partial charge in [-0.05, 0) is 12.8 Å². The summed E-state index contributed by atoms with van der Waals surface area (Å²) >= 11 is 0. The first kappa shape index (κ1) is 9.29. The lowest BCUT2D eigenvalue weighted by atomic mass is 9.97. The Labute approximate surface area is 70.8 Å². The molecular formula is C6H11ClO3S. The van der Waals surface area contributed by atoms with Gasteiger partial charge in [-0.15, -0.1) is 0 Å². The summed E-state index contributed by atoms with van der Waals surface area (Å²) in [7, 11) is 1.57. The zero-order chi connectivity index (χ0) is 8.48. The standard InChI is InChI=1S/C6H11ClO3S/c7-11(9,10)6-4-2-1-3-5(6)8/h5-6,8H,1-4H2/t5-,6+/m1/s1. The molecule has 11 heavy (non-hydrogen) atoms. The second-order valence-electron chi connectivity index (χ2n) is 2.87. The van der Waals surface area contributed by atoms with E-state index in [0.29, 0.717) is 12.8 Å². The molecule has 0 aromatic rings. The van der Waals surface area contributed by atoms with Gasteiger partial charge in [0.1, 0.15) is 5.25 Å². The van der Waals surface area contributed by atoms with Crippen LogP contribution in [0.15, 0.2) is 0 Å². The normalized spacial score (nSPS) is 33.6. The Hall–Kier alpha value is 0.200. The fourth-order valence-electron chi connectivity index (χ4n) is 1.41. The van der Waals surface area contributed by atoms with Crippen LogP contribution in [-0.2, 0) is 9.05 Å². The molecule has 1 rings (SSSR count). The van der Waals surface area contributed by atoms with Gasteiger partial charge < -0.3 is 5.11 Å². The Bertz CT molecular complexity index is 224. The maximum Gasteiger partial charge on any atom is 0.238 e. The average molecular weight is 199 g/mol. The van der Waals surface area contributed by atoms with E-state index in [1.165, 1.54) is 0 Å². The molecule has 3 nitrogen and oxygen atoms in total. The van der Waals surface area contributed by atoms with E-state index in [0.717, 1.165) is 12.8 Å². The molecule has 0 aromatic heterocycles. The third kappa shape index (κ3) is 2.32. The van der Waals surface area contributed by atoms with E-state index in [4.69, 9.17) is 10.7 Å². The van der Waals surface area contributed by atoms with Gasteiger partial charge in [0.05, 0.1) is 6.10 Å². The van der Waals surface area contributed by atoms with Gasteiger partial charge in [-0.3, -0.25) is 0 Å². The largest absolute Gasteiger partial charge is 0.392 e. The van der Waals surface area contributed by atoms with Crippen molar-refractivity contribution in [1.29, 1.82) is 0 Å². The van der Waals surface area contributed by atoms with E-state index in [9.17, 15) is 13.5 Å². The third-order valence-electron chi connectivity index (χ3n) is 2.03. The van der Waals surface area contributed by atoms with Crippen molar-refractivity contribution in [3.8, 4) is 0 Å². The summed E-state index contributed by atoms with van der Waals surface area (Å²) in [5.74, 6) is 0. The zero-order valence-electron chi connectivity index (χ0n) is 6.03. The smallest absolute Gasteiger partial charge is 0.238 e. The molecule has 0 radical (unpaired) electrons. The quantitative estimate of drug-likeness (QED) is 0.636. The molecule has 1 fully saturated rings. The van der Waals surface area contributed by atoms with Crippen LogP contribution >= 0.6 is 10.7 Å². The number of aliphatic hydroxyl groups excluding tert-OH is 1. The molecule has 2 atom stereocenters. The minimum Gasteiger partial charge on any atom is -0.392 e. The monoisotopic (exact) mass is 198 g/mol. The molecule has 0 aromatic carbocycles. The first-order valence-electron chi connectivity index (χ1n) is 3.63. The lowest BCUT2D eigenvalue weighted by molar-refractivity contribution is 0.134. The van der Waals surface area contributed by atoms with E-state index < -0.39 is 20.4 Å². The van der Waals surface area contributed by atoms with Gasteiger partial charge >= 0.3 is 0 Å². The van der Waals surface area contributed by atoms with Crippen LogP contribution in [0.5, 0.6) is 0 Å². The van der Waals surface area contributed by atoms with Crippen molar-refractivity contribution in [2.24, 2.45) is 0 Å². The van der Waals surface area contributed by atoms with Gasteiger partial charge in [0.15, 0.2) is 0 Å². The highest BCUT2D eigenvalue weighted by molar-refractivity contribution is 8.14. The minimum atomic E-state index is -3.55. The molecule has 66 valence electrons. The van der Waals surface area contributed by atoms with Crippen molar-refractivity contribution in [1.82, 2.24) is 0 Å². The number of hydrogen-bond acceptors (Lipinski definition) is 3. The predicted octanol–water partition coefficient (Wildman–Crippen LogP) is 0.859. The van der Waals surface area contributed by atoms with Gasteiger partial charge in [0.25, 0.3) is 0 Å². The zero-order valence-corrected chi connectivity index (χ0v) is 7.61. The van der Waals surface area contributed by atoms with Crippen LogP contribution in [-0.4, -0.2) is 24.9 Å². The van der Waals surface area contributed by atoms with E-state index in [1.54, 1.807) is 0 Å². The van der Waals surface area contributed by atoms with Crippen molar-refractivity contribution in [2.75, 3.05) is 0 Å². The van der Waals surface area contributed by atoms with E-state index in [-0.39, 0.29) is 0 Å². The first-order valence-corrected chi connectivity index (χ1v) is 6.00. The predicted molar refractivity (Wildman–Crippen MR) is 43.0 cm³/mol. The number of hydrogen-bond donors (Lipinski definition) is 1. The first-order chi connectivity index (χ1) is 5.02. The molecule has 0 spiro atoms. The van der Waals surface area contributed by atoms with Crippen molar-refractivity contribution >= 4 is 19.7 Å². The van der Waals surface area contributed by atoms with E-state index in [2.05, 4.69) is 0 Å². The summed E-state index contributed by atoms with van der Waals surface area (Å²) in [6.07, 6.45) is 2.02. The van der Waals surface area contributed by atoms with Gasteiger partial charge in [-0.1, -0.05) is 12.8 Å². The molecule has 0 bridgehead atoms. The summed E-state index contributed by atoms with van der Waals surface area (Å²) in [6.45, 7) is 0. The Balaban J connectivity index is 2.70. The summed E-state index contributed by atoms with van der Waals surface area (Å²) in [4.78, 5) is 0. The average Bonchev–Trinajstić information content (AvgIpc) is 1.86. The fourth-order valence-corrected chi connectivity index (χ4v) is 2.99. The molecule has 0 amide bonds. The summed E-state index contributed by atoms with van der Waals surface area (Å²) in [6, 6.07) is 0. The molecule has 1 aliphatic rings. The Morgan fingerprint density at radius 2 is 1.82 bits per heavy atom. The maximum atomic E-state index is 10.8. The highest BCUT2D eigenvalue weighted by atomic mass is 35.7. The van der Waals surface area contributed by atoms with Crippen molar-refractivity contribution in [3.63, 3.8) is 0 Å². The topological polar surface area (TPSA) is 54.4 Å². The van der Waals surface area contributed by atoms with Gasteiger partial charge in [0, 0.05) is 10.7 Å². The number of halogens is 1. The highest BCUT2D eigenvalue weighted by Crippen LogP contribution is 2.26. The fraction of sp³-hybridized carbons (Fsp3) is 1.00. The summed E-state index contributed by atoms with van der Waals surface area (Å²) < 4.78 is 21.6. The Kier molecular flexibility index (Phi) is 2.78. The van der Waals surface area contributed by atoms with Gasteiger partial charge in [-0.2, -0.15) is 0 Å². The number of aliphatic hydroxyl groups is 1. The highest BCUT2D eigenvalue weighted by Gasteiger charge is 2.32. The molecule has 1 saturated carbocycles. The molecule has 0 saturated heterocycles. The Morgan fingerprint density at radius 1 is 1.27 bits per heavy atom. The third-order valence-corrected chi connectivity index (χ3v) is 3.99. The van der Waals surface area contributed by atoms with Crippen molar-refractivity contribution in [2.45, 2.75) is 37.0 Å². The molecule has 0 heterocycles. The van der Waals surface area contributed by atoms with Crippen LogP contribution in [0.4, 0.5) is 0 Å². The number of rotatable bonds is 1. The van der Waals surface area contributed by atoms with Crippen molar-refractivity contribution in [3.05, 3.63) is 0 Å². The lowest BCUT2D eigenvalue weighted by Crippen LogP contribution is -2.34. The second-order valence-corrected chi connectivity index (χ2v) is 5.71. The summed E-state index contributed by atoms with van der Waals surface area (Å²) in [5.41, 5.74) is 0. The van der Waals surface area contributed by atoms with E-state index >= 15 is 0 Å². The van der Waals surface area contributed by atoms with Crippen molar-refractivity contribution < 1.29 is 13.5 Å². The second kappa shape index (κ2) is 3.29. The van der Waals surface area contributed by atoms with Crippen LogP contribution in [0.3, 0.4) is 0 Å². The van der Waals surface area contributed by atoms with Crippen LogP contribution in [0.1, 0.15) is 25.7 Å². The van der Waals surface area contributed by atoms with Crippen LogP contribution in [0.25, 0.3) is 0 Å². The van der Waals surface area contributed by atoms with Gasteiger partial charge in [-0.25, -0.2) is 8.42 Å². The van der Waals surface area contributed by atoms with Gasteiger partial charge in [0.2, 0.25) is 9.05 Å². The lowest BCUT2D eigenvalue weighted by Gasteiger charge is -2.24. The maximum absolute atomic E-state index is 10.8. The molecule has 0 unspecified atom stereocenters. The van der Waals surface area contributed by atoms with Crippen LogP contribution in [0.2, 0.25) is 0 Å². The van der Waals surface area contributed by atoms with Crippen LogP contribution < -0.4 is 0 Å². The summed E-state index contributed by atoms with van der Waals surface area (Å²) in [5, 5.41) is 8.50. The van der Waals surface area contributed by atoms with E-state index in [1.807, 2.05) is 0 Å². The molecule has 1 aliphatic carbocycles. The molecule has 5 heteroatoms. The minimum absolute atomic E-state index is 0.493. The SMILES string of the molecule is O=S(=O)(Cl)[C@H]1CCCC[C@H]1O.